The monoisotopic (exact) mass is 558 g/mol. The van der Waals surface area contributed by atoms with Crippen LogP contribution in [-0.2, 0) is 40.5 Å². The third kappa shape index (κ3) is 4.21. The zero-order valence-corrected chi connectivity index (χ0v) is 22.9. The fourth-order valence-electron chi connectivity index (χ4n) is 6.68. The highest BCUT2D eigenvalue weighted by molar-refractivity contribution is 5.88. The van der Waals surface area contributed by atoms with E-state index < -0.39 is 53.1 Å². The molecule has 40 heavy (non-hydrogen) atoms. The van der Waals surface area contributed by atoms with Gasteiger partial charge in [-0.15, -0.1) is 0 Å². The Balaban J connectivity index is 1.29. The molecule has 2 heterocycles. The molecule has 1 saturated heterocycles. The molecule has 216 valence electrons. The molecule has 2 aliphatic carbocycles. The molecule has 1 spiro atoms. The van der Waals surface area contributed by atoms with Crippen LogP contribution in [0.15, 0.2) is 24.0 Å². The van der Waals surface area contributed by atoms with Gasteiger partial charge < -0.3 is 39.4 Å². The second-order valence-corrected chi connectivity index (χ2v) is 11.0. The molecular weight excluding hydrogens is 524 g/mol. The fourth-order valence-corrected chi connectivity index (χ4v) is 6.68. The van der Waals surface area contributed by atoms with E-state index in [1.807, 2.05) is 19.2 Å². The summed E-state index contributed by atoms with van der Waals surface area (Å²) in [7, 11) is 3.56. The topological polar surface area (TPSA) is 161 Å². The van der Waals surface area contributed by atoms with Gasteiger partial charge in [-0.05, 0) is 58.0 Å². The number of piperidine rings is 1. The van der Waals surface area contributed by atoms with Crippen molar-refractivity contribution in [3.8, 4) is 11.5 Å². The van der Waals surface area contributed by atoms with E-state index in [0.717, 1.165) is 17.7 Å². The number of rotatable bonds is 9. The molecule has 4 aliphatic rings. The van der Waals surface area contributed by atoms with Crippen LogP contribution in [0.4, 0.5) is 0 Å². The Bertz CT molecular complexity index is 1290. The summed E-state index contributed by atoms with van der Waals surface area (Å²) in [4.78, 5) is 50.2. The van der Waals surface area contributed by atoms with Gasteiger partial charge in [0.05, 0.1) is 31.0 Å². The second kappa shape index (κ2) is 10.1. The predicted molar refractivity (Wildman–Crippen MR) is 138 cm³/mol. The lowest BCUT2D eigenvalue weighted by atomic mass is 9.50. The molecule has 1 aromatic rings. The van der Waals surface area contributed by atoms with E-state index in [4.69, 9.17) is 24.1 Å². The number of benzene rings is 1. The second-order valence-electron chi connectivity index (χ2n) is 11.0. The minimum absolute atomic E-state index is 0.139. The average Bonchev–Trinajstić information content (AvgIpc) is 3.26. The SMILES string of the molecule is COc1ccc2c3c1O[C@H]1C(OC(=O)CCC(=O)O[C@@H](C)C(=O)N[C@@H](C)C(=O)O)=CC[C@@]4(O)[C@H](C2)N(C)CC[C@]314. The molecule has 1 fully saturated rings. The van der Waals surface area contributed by atoms with Gasteiger partial charge in [0.15, 0.2) is 23.7 Å². The van der Waals surface area contributed by atoms with Crippen molar-refractivity contribution in [1.82, 2.24) is 10.2 Å². The van der Waals surface area contributed by atoms with Crippen LogP contribution in [0.3, 0.4) is 0 Å². The largest absolute Gasteiger partial charge is 0.493 e. The summed E-state index contributed by atoms with van der Waals surface area (Å²) in [5, 5.41) is 23.3. The van der Waals surface area contributed by atoms with Crippen molar-refractivity contribution in [3.63, 3.8) is 0 Å². The third-order valence-corrected chi connectivity index (χ3v) is 8.73. The van der Waals surface area contributed by atoms with Crippen LogP contribution in [0.1, 0.15) is 50.7 Å². The molecule has 1 amide bonds. The van der Waals surface area contributed by atoms with Crippen LogP contribution in [-0.4, -0.2) is 89.5 Å². The number of esters is 2. The van der Waals surface area contributed by atoms with Crippen molar-refractivity contribution in [2.45, 2.75) is 81.3 Å². The third-order valence-electron chi connectivity index (χ3n) is 8.73. The predicted octanol–water partition coefficient (Wildman–Crippen LogP) is 0.817. The van der Waals surface area contributed by atoms with Gasteiger partial charge in [-0.25, -0.2) is 0 Å². The molecule has 0 unspecified atom stereocenters. The molecule has 3 N–H and O–H groups in total. The number of methoxy groups -OCH3 is 1. The summed E-state index contributed by atoms with van der Waals surface area (Å²) in [6.07, 6.45) is 0.583. The maximum atomic E-state index is 12.8. The van der Waals surface area contributed by atoms with Gasteiger partial charge >= 0.3 is 17.9 Å². The molecule has 0 radical (unpaired) electrons. The summed E-state index contributed by atoms with van der Waals surface area (Å²) in [6, 6.07) is 2.58. The van der Waals surface area contributed by atoms with Gasteiger partial charge in [-0.3, -0.25) is 19.2 Å². The van der Waals surface area contributed by atoms with Crippen LogP contribution in [0.5, 0.6) is 11.5 Å². The molecule has 2 aliphatic heterocycles. The minimum Gasteiger partial charge on any atom is -0.493 e. The summed E-state index contributed by atoms with van der Waals surface area (Å²) >= 11 is 0. The van der Waals surface area contributed by atoms with Gasteiger partial charge in [0.2, 0.25) is 0 Å². The summed E-state index contributed by atoms with van der Waals surface area (Å²) < 4.78 is 22.8. The fraction of sp³-hybridized carbons (Fsp3) is 0.571. The number of likely N-dealkylation sites (tertiary alicyclic amines) is 1. The smallest absolute Gasteiger partial charge is 0.325 e. The van der Waals surface area contributed by atoms with Crippen LogP contribution in [0, 0.1) is 0 Å². The minimum atomic E-state index is -1.23. The van der Waals surface area contributed by atoms with Crippen LogP contribution >= 0.6 is 0 Å². The molecule has 1 aromatic carbocycles. The number of likely N-dealkylation sites (N-methyl/N-ethyl adjacent to an activating group) is 1. The highest BCUT2D eigenvalue weighted by Gasteiger charge is 2.72. The highest BCUT2D eigenvalue weighted by Crippen LogP contribution is 2.65. The van der Waals surface area contributed by atoms with Crippen molar-refractivity contribution in [2.75, 3.05) is 20.7 Å². The number of aliphatic hydroxyl groups is 1. The average molecular weight is 559 g/mol. The molecule has 12 nitrogen and oxygen atoms in total. The Labute approximate surface area is 231 Å². The highest BCUT2D eigenvalue weighted by atomic mass is 16.6. The molecule has 12 heteroatoms. The van der Waals surface area contributed by atoms with E-state index in [1.54, 1.807) is 13.2 Å². The molecular formula is C28H34N2O10. The zero-order valence-electron chi connectivity index (χ0n) is 22.9. The number of ether oxygens (including phenoxy) is 4. The van der Waals surface area contributed by atoms with Crippen molar-refractivity contribution in [2.24, 2.45) is 0 Å². The number of hydrogen-bond donors (Lipinski definition) is 3. The Kier molecular flexibility index (Phi) is 7.03. The first-order chi connectivity index (χ1) is 18.9. The van der Waals surface area contributed by atoms with Gasteiger partial charge in [0.25, 0.3) is 5.91 Å². The number of carboxylic acid groups (broad SMARTS) is 1. The molecule has 0 aromatic heterocycles. The maximum absolute atomic E-state index is 12.8. The molecule has 5 rings (SSSR count). The number of amides is 1. The van der Waals surface area contributed by atoms with Crippen molar-refractivity contribution in [3.05, 3.63) is 35.1 Å². The Morgan fingerprint density at radius 3 is 2.62 bits per heavy atom. The van der Waals surface area contributed by atoms with Crippen LogP contribution in [0.2, 0.25) is 0 Å². The molecule has 0 saturated carbocycles. The van der Waals surface area contributed by atoms with E-state index >= 15 is 0 Å². The quantitative estimate of drug-likeness (QED) is 0.368. The number of hydrogen-bond acceptors (Lipinski definition) is 10. The number of nitrogens with zero attached hydrogens (tertiary/aromatic N) is 1. The van der Waals surface area contributed by atoms with Gasteiger partial charge in [0, 0.05) is 18.0 Å². The lowest BCUT2D eigenvalue weighted by Crippen LogP contribution is -2.74. The Hall–Kier alpha value is -3.64. The summed E-state index contributed by atoms with van der Waals surface area (Å²) in [5.41, 5.74) is 0.0362. The molecule has 6 atom stereocenters. The van der Waals surface area contributed by atoms with Crippen molar-refractivity contribution >= 4 is 23.8 Å². The zero-order chi connectivity index (χ0) is 29.0. The van der Waals surface area contributed by atoms with E-state index in [-0.39, 0.29) is 31.1 Å². The first-order valence-corrected chi connectivity index (χ1v) is 13.4. The van der Waals surface area contributed by atoms with Gasteiger partial charge in [0.1, 0.15) is 11.8 Å². The number of carbonyl (C=O) groups is 4. The normalized spacial score (nSPS) is 29.2. The number of aliphatic carboxylic acids is 1. The first kappa shape index (κ1) is 27.9. The maximum Gasteiger partial charge on any atom is 0.325 e. The van der Waals surface area contributed by atoms with Crippen LogP contribution in [0.25, 0.3) is 0 Å². The van der Waals surface area contributed by atoms with Crippen LogP contribution < -0.4 is 14.8 Å². The molecule has 2 bridgehead atoms. The lowest BCUT2D eigenvalue weighted by molar-refractivity contribution is -0.169. The Morgan fingerprint density at radius 1 is 1.20 bits per heavy atom. The van der Waals surface area contributed by atoms with Crippen molar-refractivity contribution in [1.29, 1.82) is 0 Å². The van der Waals surface area contributed by atoms with Crippen molar-refractivity contribution < 1.29 is 48.3 Å². The summed E-state index contributed by atoms with van der Waals surface area (Å²) in [5.74, 6) is -2.09. The van der Waals surface area contributed by atoms with E-state index in [0.29, 0.717) is 24.3 Å². The van der Waals surface area contributed by atoms with E-state index in [9.17, 15) is 24.3 Å². The van der Waals surface area contributed by atoms with E-state index in [2.05, 4.69) is 10.2 Å². The number of carbonyl (C=O) groups excluding carboxylic acids is 3. The van der Waals surface area contributed by atoms with Gasteiger partial charge in [-0.1, -0.05) is 6.07 Å². The van der Waals surface area contributed by atoms with E-state index in [1.165, 1.54) is 13.8 Å². The number of nitrogens with one attached hydrogen (secondary N) is 1. The lowest BCUT2D eigenvalue weighted by Gasteiger charge is -2.61. The number of carboxylic acids is 1. The Morgan fingerprint density at radius 2 is 1.93 bits per heavy atom. The standard InChI is InChI=1S/C28H34N2O10/c1-14(26(34)35)29-25(33)15(2)38-20(31)7-8-21(32)39-18-9-10-28(36)19-13-16-5-6-17(37-4)23-22(16)27(28,24(18)40-23)11-12-30(19)3/h5-6,9,14-15,19,24,36H,7-8,10-13H2,1-4H3,(H,29,33)(H,34,35)/t14-,15-,19-,24-,27-,28+/m0/s1. The van der Waals surface area contributed by atoms with Gasteiger partial charge in [-0.2, -0.15) is 0 Å². The summed E-state index contributed by atoms with van der Waals surface area (Å²) in [6.45, 7) is 3.32. The first-order valence-electron chi connectivity index (χ1n) is 13.4.